The van der Waals surface area contributed by atoms with Crippen LogP contribution in [0.4, 0.5) is 0 Å². The van der Waals surface area contributed by atoms with Crippen molar-refractivity contribution in [3.05, 3.63) is 21.9 Å². The van der Waals surface area contributed by atoms with E-state index >= 15 is 0 Å². The third kappa shape index (κ3) is 5.76. The molecule has 0 spiro atoms. The van der Waals surface area contributed by atoms with Crippen molar-refractivity contribution in [2.75, 3.05) is 46.6 Å². The SMILES string of the molecule is COCC(C)NC(N)=NCC(c1ccc(C)s1)N1CCOCC1. The Morgan fingerprint density at radius 3 is 2.83 bits per heavy atom. The Hall–Kier alpha value is -1.15. The average molecular weight is 340 g/mol. The molecule has 0 aromatic carbocycles. The Morgan fingerprint density at radius 2 is 2.22 bits per heavy atom. The second-order valence-electron chi connectivity index (χ2n) is 5.84. The number of aryl methyl sites for hydroxylation is 1. The van der Waals surface area contributed by atoms with Crippen molar-refractivity contribution in [2.24, 2.45) is 10.7 Å². The molecule has 6 nitrogen and oxygen atoms in total. The molecule has 1 aliphatic heterocycles. The van der Waals surface area contributed by atoms with E-state index in [-0.39, 0.29) is 12.1 Å². The number of thiophene rings is 1. The number of nitrogens with one attached hydrogen (secondary N) is 1. The summed E-state index contributed by atoms with van der Waals surface area (Å²) in [7, 11) is 1.68. The Bertz CT molecular complexity index is 500. The lowest BCUT2D eigenvalue weighted by molar-refractivity contribution is 0.0186. The molecule has 0 bridgehead atoms. The Kier molecular flexibility index (Phi) is 7.29. The molecule has 0 radical (unpaired) electrons. The molecule has 0 amide bonds. The van der Waals surface area contributed by atoms with Gasteiger partial charge in [-0.3, -0.25) is 9.89 Å². The highest BCUT2D eigenvalue weighted by Gasteiger charge is 2.23. The molecular formula is C16H28N4O2S. The first kappa shape index (κ1) is 18.2. The quantitative estimate of drug-likeness (QED) is 0.579. The Balaban J connectivity index is 2.02. The van der Waals surface area contributed by atoms with Crippen LogP contribution in [0, 0.1) is 6.92 Å². The molecule has 1 aromatic rings. The second-order valence-corrected chi connectivity index (χ2v) is 7.16. The molecule has 1 aromatic heterocycles. The summed E-state index contributed by atoms with van der Waals surface area (Å²) < 4.78 is 10.6. The number of ether oxygens (including phenoxy) is 2. The number of morpholine rings is 1. The number of aliphatic imine (C=N–C) groups is 1. The van der Waals surface area contributed by atoms with Crippen molar-refractivity contribution >= 4 is 17.3 Å². The van der Waals surface area contributed by atoms with E-state index in [1.807, 2.05) is 18.3 Å². The van der Waals surface area contributed by atoms with Crippen LogP contribution in [0.1, 0.15) is 22.7 Å². The number of methoxy groups -OCH3 is 1. The molecule has 0 aliphatic carbocycles. The lowest BCUT2D eigenvalue weighted by Crippen LogP contribution is -2.42. The van der Waals surface area contributed by atoms with E-state index in [4.69, 9.17) is 15.2 Å². The van der Waals surface area contributed by atoms with Crippen LogP contribution in [-0.2, 0) is 9.47 Å². The molecule has 2 rings (SSSR count). The summed E-state index contributed by atoms with van der Waals surface area (Å²) in [4.78, 5) is 9.65. The molecule has 2 unspecified atom stereocenters. The average Bonchev–Trinajstić information content (AvgIpc) is 2.95. The second kappa shape index (κ2) is 9.22. The number of guanidine groups is 1. The van der Waals surface area contributed by atoms with E-state index in [1.54, 1.807) is 7.11 Å². The van der Waals surface area contributed by atoms with Gasteiger partial charge in [-0.05, 0) is 26.0 Å². The number of hydrogen-bond donors (Lipinski definition) is 2. The van der Waals surface area contributed by atoms with E-state index in [0.717, 1.165) is 26.3 Å². The highest BCUT2D eigenvalue weighted by Crippen LogP contribution is 2.28. The largest absolute Gasteiger partial charge is 0.383 e. The smallest absolute Gasteiger partial charge is 0.188 e. The molecule has 7 heteroatoms. The van der Waals surface area contributed by atoms with Crippen molar-refractivity contribution in [1.29, 1.82) is 0 Å². The third-order valence-corrected chi connectivity index (χ3v) is 4.92. The molecule has 1 aliphatic rings. The zero-order chi connectivity index (χ0) is 16.7. The van der Waals surface area contributed by atoms with Crippen LogP contribution in [0.25, 0.3) is 0 Å². The number of hydrogen-bond acceptors (Lipinski definition) is 5. The van der Waals surface area contributed by atoms with Gasteiger partial charge in [-0.1, -0.05) is 0 Å². The van der Waals surface area contributed by atoms with Crippen molar-refractivity contribution in [2.45, 2.75) is 25.9 Å². The van der Waals surface area contributed by atoms with Crippen LogP contribution in [0.5, 0.6) is 0 Å². The highest BCUT2D eigenvalue weighted by molar-refractivity contribution is 7.12. The monoisotopic (exact) mass is 340 g/mol. The molecule has 2 atom stereocenters. The van der Waals surface area contributed by atoms with Crippen LogP contribution in [0.3, 0.4) is 0 Å². The number of rotatable bonds is 7. The fourth-order valence-corrected chi connectivity index (χ4v) is 3.69. The van der Waals surface area contributed by atoms with Gasteiger partial charge in [0.15, 0.2) is 5.96 Å². The molecule has 2 heterocycles. The maximum Gasteiger partial charge on any atom is 0.188 e. The van der Waals surface area contributed by atoms with Crippen molar-refractivity contribution < 1.29 is 9.47 Å². The first-order valence-electron chi connectivity index (χ1n) is 8.03. The van der Waals surface area contributed by atoms with Crippen LogP contribution in [-0.4, -0.2) is 63.5 Å². The molecule has 23 heavy (non-hydrogen) atoms. The summed E-state index contributed by atoms with van der Waals surface area (Å²) in [5.74, 6) is 0.473. The fraction of sp³-hybridized carbons (Fsp3) is 0.688. The molecule has 3 N–H and O–H groups in total. The standard InChI is InChI=1S/C16H28N4O2S/c1-12(11-21-3)19-16(17)18-10-14(15-5-4-13(2)23-15)20-6-8-22-9-7-20/h4-5,12,14H,6-11H2,1-3H3,(H3,17,18,19). The minimum atomic E-state index is 0.148. The van der Waals surface area contributed by atoms with Gasteiger partial charge in [-0.15, -0.1) is 11.3 Å². The van der Waals surface area contributed by atoms with E-state index in [9.17, 15) is 0 Å². The highest BCUT2D eigenvalue weighted by atomic mass is 32.1. The number of nitrogens with zero attached hydrogens (tertiary/aromatic N) is 2. The Morgan fingerprint density at radius 1 is 1.48 bits per heavy atom. The van der Waals surface area contributed by atoms with Gasteiger partial charge >= 0.3 is 0 Å². The van der Waals surface area contributed by atoms with Gasteiger partial charge in [0.2, 0.25) is 0 Å². The summed E-state index contributed by atoms with van der Waals surface area (Å²) in [5, 5.41) is 3.16. The normalized spacial score (nSPS) is 19.5. The molecule has 0 saturated carbocycles. The van der Waals surface area contributed by atoms with Gasteiger partial charge in [-0.25, -0.2) is 0 Å². The summed E-state index contributed by atoms with van der Waals surface area (Å²) >= 11 is 1.83. The van der Waals surface area contributed by atoms with Gasteiger partial charge < -0.3 is 20.5 Å². The third-order valence-electron chi connectivity index (χ3n) is 3.82. The fourth-order valence-electron chi connectivity index (χ4n) is 2.68. The molecule has 130 valence electrons. The van der Waals surface area contributed by atoms with Gasteiger partial charge in [0, 0.05) is 36.0 Å². The van der Waals surface area contributed by atoms with Crippen molar-refractivity contribution in [3.63, 3.8) is 0 Å². The molecular weight excluding hydrogens is 312 g/mol. The minimum absolute atomic E-state index is 0.148. The first-order chi connectivity index (χ1) is 11.1. The predicted octanol–water partition coefficient (Wildman–Crippen LogP) is 1.37. The Labute approximate surface area is 142 Å². The van der Waals surface area contributed by atoms with E-state index in [2.05, 4.69) is 34.3 Å². The maximum atomic E-state index is 6.01. The first-order valence-corrected chi connectivity index (χ1v) is 8.85. The lowest BCUT2D eigenvalue weighted by Gasteiger charge is -2.33. The van der Waals surface area contributed by atoms with Crippen LogP contribution in [0.2, 0.25) is 0 Å². The number of nitrogens with two attached hydrogens (primary N) is 1. The van der Waals surface area contributed by atoms with Crippen LogP contribution < -0.4 is 11.1 Å². The summed E-state index contributed by atoms with van der Waals surface area (Å²) in [6, 6.07) is 4.77. The van der Waals surface area contributed by atoms with E-state index in [0.29, 0.717) is 19.1 Å². The van der Waals surface area contributed by atoms with E-state index in [1.165, 1.54) is 9.75 Å². The van der Waals surface area contributed by atoms with Crippen LogP contribution in [0.15, 0.2) is 17.1 Å². The summed E-state index contributed by atoms with van der Waals surface area (Å²) in [6.07, 6.45) is 0. The van der Waals surface area contributed by atoms with Gasteiger partial charge in [0.1, 0.15) is 0 Å². The van der Waals surface area contributed by atoms with E-state index < -0.39 is 0 Å². The maximum absolute atomic E-state index is 6.01. The van der Waals surface area contributed by atoms with Gasteiger partial charge in [0.05, 0.1) is 32.4 Å². The molecule has 1 fully saturated rings. The zero-order valence-corrected chi connectivity index (χ0v) is 15.1. The molecule has 1 saturated heterocycles. The summed E-state index contributed by atoms with van der Waals surface area (Å²) in [6.45, 7) is 8.84. The minimum Gasteiger partial charge on any atom is -0.383 e. The van der Waals surface area contributed by atoms with Crippen LogP contribution >= 0.6 is 11.3 Å². The van der Waals surface area contributed by atoms with Gasteiger partial charge in [-0.2, -0.15) is 0 Å². The zero-order valence-electron chi connectivity index (χ0n) is 14.2. The van der Waals surface area contributed by atoms with Crippen molar-refractivity contribution in [3.8, 4) is 0 Å². The predicted molar refractivity (Wildman–Crippen MR) is 95.2 cm³/mol. The summed E-state index contributed by atoms with van der Waals surface area (Å²) in [5.41, 5.74) is 6.01. The lowest BCUT2D eigenvalue weighted by atomic mass is 10.2. The van der Waals surface area contributed by atoms with Crippen molar-refractivity contribution in [1.82, 2.24) is 10.2 Å². The van der Waals surface area contributed by atoms with Gasteiger partial charge in [0.25, 0.3) is 0 Å². The topological polar surface area (TPSA) is 72.1 Å².